The minimum Gasteiger partial charge on any atom is -0.306 e. The standard InChI is InChI=1S/C20H20ClN5/c21-17-4-2-1-3-15(17)11-25-12-16-5-6-19-23-24-20(26(19)18(16)13-25)14-7-9-22-10-8-14/h1-4,7-10,16,18H,5-6,11-13H2/t16-,18+/m1/s1. The fraction of sp³-hybridized carbons (Fsp3) is 0.350. The van der Waals surface area contributed by atoms with Crippen molar-refractivity contribution in [1.82, 2.24) is 24.6 Å². The predicted molar refractivity (Wildman–Crippen MR) is 101 cm³/mol. The lowest BCUT2D eigenvalue weighted by Crippen LogP contribution is -2.26. The Morgan fingerprint density at radius 1 is 1.04 bits per heavy atom. The molecular weight excluding hydrogens is 346 g/mol. The van der Waals surface area contributed by atoms with Crippen molar-refractivity contribution in [2.45, 2.75) is 25.4 Å². The second-order valence-electron chi connectivity index (χ2n) is 7.20. The molecule has 2 atom stereocenters. The van der Waals surface area contributed by atoms with E-state index in [2.05, 4.69) is 36.8 Å². The number of benzene rings is 1. The summed E-state index contributed by atoms with van der Waals surface area (Å²) in [4.78, 5) is 6.64. The van der Waals surface area contributed by atoms with Gasteiger partial charge in [0.2, 0.25) is 0 Å². The quantitative estimate of drug-likeness (QED) is 0.711. The van der Waals surface area contributed by atoms with Crippen LogP contribution in [0.4, 0.5) is 0 Å². The van der Waals surface area contributed by atoms with Crippen LogP contribution >= 0.6 is 11.6 Å². The molecular formula is C20H20ClN5. The van der Waals surface area contributed by atoms with Crippen LogP contribution in [0.1, 0.15) is 23.9 Å². The highest BCUT2D eigenvalue weighted by Crippen LogP contribution is 2.39. The second-order valence-corrected chi connectivity index (χ2v) is 7.60. The van der Waals surface area contributed by atoms with Gasteiger partial charge in [0, 0.05) is 49.0 Å². The van der Waals surface area contributed by atoms with E-state index in [0.717, 1.165) is 48.3 Å². The summed E-state index contributed by atoms with van der Waals surface area (Å²) in [6.07, 6.45) is 5.81. The molecule has 5 rings (SSSR count). The van der Waals surface area contributed by atoms with Gasteiger partial charge < -0.3 is 4.57 Å². The highest BCUT2D eigenvalue weighted by atomic mass is 35.5. The van der Waals surface area contributed by atoms with Crippen LogP contribution < -0.4 is 0 Å². The summed E-state index contributed by atoms with van der Waals surface area (Å²) >= 11 is 6.37. The Bertz CT molecular complexity index is 923. The smallest absolute Gasteiger partial charge is 0.164 e. The summed E-state index contributed by atoms with van der Waals surface area (Å²) in [6.45, 7) is 3.01. The minimum atomic E-state index is 0.430. The fourth-order valence-electron chi connectivity index (χ4n) is 4.37. The Morgan fingerprint density at radius 2 is 1.88 bits per heavy atom. The van der Waals surface area contributed by atoms with Crippen LogP contribution in [0.15, 0.2) is 48.8 Å². The van der Waals surface area contributed by atoms with E-state index in [9.17, 15) is 0 Å². The van der Waals surface area contributed by atoms with E-state index in [0.29, 0.717) is 12.0 Å². The molecule has 3 aromatic rings. The average Bonchev–Trinajstić information content (AvgIpc) is 3.27. The maximum absolute atomic E-state index is 6.37. The molecule has 0 bridgehead atoms. The molecule has 0 aliphatic carbocycles. The first-order valence-electron chi connectivity index (χ1n) is 9.09. The zero-order valence-corrected chi connectivity index (χ0v) is 15.2. The first kappa shape index (κ1) is 16.0. The van der Waals surface area contributed by atoms with E-state index in [-0.39, 0.29) is 0 Å². The number of aryl methyl sites for hydroxylation is 1. The van der Waals surface area contributed by atoms with Gasteiger partial charge in [-0.15, -0.1) is 10.2 Å². The first-order valence-corrected chi connectivity index (χ1v) is 9.47. The summed E-state index contributed by atoms with van der Waals surface area (Å²) in [5.74, 6) is 2.72. The molecule has 0 N–H and O–H groups in total. The highest BCUT2D eigenvalue weighted by molar-refractivity contribution is 6.31. The molecule has 2 aliphatic heterocycles. The number of hydrogen-bond acceptors (Lipinski definition) is 4. The maximum Gasteiger partial charge on any atom is 0.164 e. The summed E-state index contributed by atoms with van der Waals surface area (Å²) < 4.78 is 2.37. The minimum absolute atomic E-state index is 0.430. The van der Waals surface area contributed by atoms with Gasteiger partial charge in [-0.3, -0.25) is 9.88 Å². The third kappa shape index (κ3) is 2.72. The third-order valence-corrected chi connectivity index (χ3v) is 5.98. The van der Waals surface area contributed by atoms with Crippen molar-refractivity contribution in [2.75, 3.05) is 13.1 Å². The zero-order chi connectivity index (χ0) is 17.5. The molecule has 1 saturated heterocycles. The Balaban J connectivity index is 1.44. The van der Waals surface area contributed by atoms with Crippen LogP contribution in [0, 0.1) is 5.92 Å². The molecule has 132 valence electrons. The van der Waals surface area contributed by atoms with E-state index in [1.165, 1.54) is 12.0 Å². The molecule has 2 aliphatic rings. The van der Waals surface area contributed by atoms with Crippen molar-refractivity contribution in [3.8, 4) is 11.4 Å². The normalized spacial score (nSPS) is 22.2. The Hall–Kier alpha value is -2.24. The third-order valence-electron chi connectivity index (χ3n) is 5.61. The molecule has 4 heterocycles. The van der Waals surface area contributed by atoms with Crippen LogP contribution in [0.5, 0.6) is 0 Å². The van der Waals surface area contributed by atoms with Crippen LogP contribution in [0.3, 0.4) is 0 Å². The number of likely N-dealkylation sites (tertiary alicyclic amines) is 1. The van der Waals surface area contributed by atoms with E-state index in [1.54, 1.807) is 0 Å². The number of hydrogen-bond donors (Lipinski definition) is 0. The average molecular weight is 366 g/mol. The second kappa shape index (κ2) is 6.49. The molecule has 26 heavy (non-hydrogen) atoms. The predicted octanol–water partition coefficient (Wildman–Crippen LogP) is 3.61. The first-order chi connectivity index (χ1) is 12.8. The van der Waals surface area contributed by atoms with Gasteiger partial charge >= 0.3 is 0 Å². The number of fused-ring (bicyclic) bond motifs is 3. The van der Waals surface area contributed by atoms with Gasteiger partial charge in [-0.2, -0.15) is 0 Å². The molecule has 0 saturated carbocycles. The SMILES string of the molecule is Clc1ccccc1CN1C[C@H]2CCc3nnc(-c4ccncc4)n3[C@H]2C1. The van der Waals surface area contributed by atoms with Crippen LogP contribution in [-0.2, 0) is 13.0 Å². The van der Waals surface area contributed by atoms with Gasteiger partial charge in [0.1, 0.15) is 5.82 Å². The number of halogens is 1. The lowest BCUT2D eigenvalue weighted by molar-refractivity contribution is 0.313. The Morgan fingerprint density at radius 3 is 2.73 bits per heavy atom. The zero-order valence-electron chi connectivity index (χ0n) is 14.4. The van der Waals surface area contributed by atoms with E-state index in [1.807, 2.05) is 36.7 Å². The molecule has 6 heteroatoms. The van der Waals surface area contributed by atoms with Crippen molar-refractivity contribution < 1.29 is 0 Å². The summed E-state index contributed by atoms with van der Waals surface area (Å²) in [5, 5.41) is 9.82. The number of aromatic nitrogens is 4. The number of pyridine rings is 1. The molecule has 0 unspecified atom stereocenters. The van der Waals surface area contributed by atoms with Crippen LogP contribution in [0.2, 0.25) is 5.02 Å². The van der Waals surface area contributed by atoms with Gasteiger partial charge in [-0.25, -0.2) is 0 Å². The molecule has 1 aromatic carbocycles. The molecule has 1 fully saturated rings. The molecule has 0 spiro atoms. The maximum atomic E-state index is 6.37. The summed E-state index contributed by atoms with van der Waals surface area (Å²) in [5.41, 5.74) is 2.29. The largest absolute Gasteiger partial charge is 0.306 e. The monoisotopic (exact) mass is 365 g/mol. The van der Waals surface area contributed by atoms with Gasteiger partial charge in [-0.05, 0) is 36.1 Å². The number of nitrogens with zero attached hydrogens (tertiary/aromatic N) is 5. The van der Waals surface area contributed by atoms with Crippen molar-refractivity contribution in [1.29, 1.82) is 0 Å². The van der Waals surface area contributed by atoms with Crippen LogP contribution in [-0.4, -0.2) is 37.7 Å². The Kier molecular flexibility index (Phi) is 3.98. The van der Waals surface area contributed by atoms with Gasteiger partial charge in [0.25, 0.3) is 0 Å². The van der Waals surface area contributed by atoms with Crippen molar-refractivity contribution >= 4 is 11.6 Å². The van der Waals surface area contributed by atoms with Gasteiger partial charge in [0.15, 0.2) is 5.82 Å². The van der Waals surface area contributed by atoms with E-state index >= 15 is 0 Å². The highest BCUT2D eigenvalue weighted by Gasteiger charge is 2.39. The van der Waals surface area contributed by atoms with E-state index < -0.39 is 0 Å². The lowest BCUT2D eigenvalue weighted by atomic mass is 9.93. The lowest BCUT2D eigenvalue weighted by Gasteiger charge is -2.27. The molecule has 2 aromatic heterocycles. The van der Waals surface area contributed by atoms with Crippen LogP contribution in [0.25, 0.3) is 11.4 Å². The molecule has 5 nitrogen and oxygen atoms in total. The Labute approximate surface area is 157 Å². The molecule has 0 radical (unpaired) electrons. The van der Waals surface area contributed by atoms with Gasteiger partial charge in [-0.1, -0.05) is 29.8 Å². The van der Waals surface area contributed by atoms with Crippen molar-refractivity contribution in [3.05, 3.63) is 65.2 Å². The fourth-order valence-corrected chi connectivity index (χ4v) is 4.56. The van der Waals surface area contributed by atoms with Gasteiger partial charge in [0.05, 0.1) is 6.04 Å². The summed E-state index contributed by atoms with van der Waals surface area (Å²) in [7, 11) is 0. The molecule has 0 amide bonds. The number of rotatable bonds is 3. The van der Waals surface area contributed by atoms with E-state index in [4.69, 9.17) is 11.6 Å². The topological polar surface area (TPSA) is 46.8 Å². The van der Waals surface area contributed by atoms with Crippen molar-refractivity contribution in [3.63, 3.8) is 0 Å². The summed E-state index contributed by atoms with van der Waals surface area (Å²) in [6, 6.07) is 12.6. The van der Waals surface area contributed by atoms with Crippen molar-refractivity contribution in [2.24, 2.45) is 5.92 Å².